The molecule has 0 spiro atoms. The monoisotopic (exact) mass is 449 g/mol. The average molecular weight is 449 g/mol. The maximum Gasteiger partial charge on any atom is 0.471 e. The van der Waals surface area contributed by atoms with E-state index in [1.165, 1.54) is 17.5 Å². The second kappa shape index (κ2) is 9.51. The number of nitrogens with one attached hydrogen (secondary N) is 1. The number of amidine groups is 1. The Morgan fingerprint density at radius 2 is 2.10 bits per heavy atom. The standard InChI is InChI=1S/C19H18F3N7OS/c1-11(9-26-16(12(2)8-23)27-15-10-24-5-6-25-15)7-13-3-4-14(31-13)17-28-18(30-29-17)19(20,21)22/h3-6,8-10H,7,23H2,1-2H3,(H,25,26,27)/b11-9+,12-8-. The molecule has 3 aromatic heterocycles. The van der Waals surface area contributed by atoms with Crippen LogP contribution in [0.15, 0.2) is 63.8 Å². The van der Waals surface area contributed by atoms with E-state index in [2.05, 4.69) is 34.9 Å². The molecule has 0 amide bonds. The van der Waals surface area contributed by atoms with E-state index in [1.54, 1.807) is 43.8 Å². The van der Waals surface area contributed by atoms with Crippen molar-refractivity contribution >= 4 is 23.0 Å². The van der Waals surface area contributed by atoms with Gasteiger partial charge in [0.2, 0.25) is 5.82 Å². The molecule has 0 bridgehead atoms. The van der Waals surface area contributed by atoms with Gasteiger partial charge in [0.25, 0.3) is 0 Å². The number of nitrogens with two attached hydrogens (primary N) is 1. The maximum absolute atomic E-state index is 12.6. The van der Waals surface area contributed by atoms with Crippen LogP contribution in [0.5, 0.6) is 0 Å². The summed E-state index contributed by atoms with van der Waals surface area (Å²) >= 11 is 1.28. The smallest absolute Gasteiger partial charge is 0.404 e. The zero-order valence-corrected chi connectivity index (χ0v) is 17.3. The van der Waals surface area contributed by atoms with Crippen molar-refractivity contribution in [3.05, 3.63) is 65.0 Å². The highest BCUT2D eigenvalue weighted by Gasteiger charge is 2.38. The Bertz CT molecular complexity index is 1120. The van der Waals surface area contributed by atoms with Gasteiger partial charge in [-0.3, -0.25) is 4.98 Å². The van der Waals surface area contributed by atoms with Crippen LogP contribution in [-0.4, -0.2) is 25.9 Å². The Kier molecular flexibility index (Phi) is 6.80. The van der Waals surface area contributed by atoms with Gasteiger partial charge in [0.1, 0.15) is 11.7 Å². The fraction of sp³-hybridized carbons (Fsp3) is 0.211. The third-order valence-corrected chi connectivity index (χ3v) is 4.93. The first-order valence-corrected chi connectivity index (χ1v) is 9.73. The predicted octanol–water partition coefficient (Wildman–Crippen LogP) is 4.43. The van der Waals surface area contributed by atoms with Crippen molar-refractivity contribution in [1.82, 2.24) is 20.1 Å². The number of hydrogen-bond acceptors (Lipinski definition) is 8. The summed E-state index contributed by atoms with van der Waals surface area (Å²) in [6, 6.07) is 3.46. The first-order valence-electron chi connectivity index (χ1n) is 8.91. The summed E-state index contributed by atoms with van der Waals surface area (Å²) < 4.78 is 42.2. The van der Waals surface area contributed by atoms with Gasteiger partial charge in [-0.25, -0.2) is 9.98 Å². The molecule has 0 saturated carbocycles. The van der Waals surface area contributed by atoms with Crippen LogP contribution in [0.3, 0.4) is 0 Å². The molecule has 3 heterocycles. The van der Waals surface area contributed by atoms with Gasteiger partial charge in [-0.1, -0.05) is 5.16 Å². The third-order valence-electron chi connectivity index (χ3n) is 3.85. The largest absolute Gasteiger partial charge is 0.471 e. The van der Waals surface area contributed by atoms with Gasteiger partial charge in [0, 0.05) is 41.7 Å². The van der Waals surface area contributed by atoms with E-state index in [1.807, 2.05) is 6.92 Å². The lowest BCUT2D eigenvalue weighted by Crippen LogP contribution is -2.15. The molecule has 31 heavy (non-hydrogen) atoms. The molecule has 0 aliphatic carbocycles. The number of halogens is 3. The summed E-state index contributed by atoms with van der Waals surface area (Å²) in [5.41, 5.74) is 7.25. The van der Waals surface area contributed by atoms with Crippen LogP contribution in [0.1, 0.15) is 24.6 Å². The molecule has 8 nitrogen and oxygen atoms in total. The fourth-order valence-electron chi connectivity index (χ4n) is 2.32. The molecule has 0 unspecified atom stereocenters. The zero-order valence-electron chi connectivity index (χ0n) is 16.5. The van der Waals surface area contributed by atoms with Crippen molar-refractivity contribution < 1.29 is 17.7 Å². The van der Waals surface area contributed by atoms with E-state index in [-0.39, 0.29) is 5.82 Å². The Labute approximate surface area is 179 Å². The second-order valence-electron chi connectivity index (χ2n) is 6.38. The minimum Gasteiger partial charge on any atom is -0.404 e. The molecule has 0 saturated heterocycles. The number of nitrogens with zero attached hydrogens (tertiary/aromatic N) is 5. The minimum atomic E-state index is -4.67. The summed E-state index contributed by atoms with van der Waals surface area (Å²) in [5, 5.41) is 6.46. The number of thiophene rings is 1. The van der Waals surface area contributed by atoms with E-state index in [4.69, 9.17) is 5.73 Å². The number of anilines is 1. The average Bonchev–Trinajstić information content (AvgIpc) is 3.40. The molecule has 0 aromatic carbocycles. The van der Waals surface area contributed by atoms with Crippen molar-refractivity contribution in [3.8, 4) is 10.7 Å². The van der Waals surface area contributed by atoms with E-state index >= 15 is 0 Å². The molecular formula is C19H18F3N7OS. The van der Waals surface area contributed by atoms with E-state index < -0.39 is 12.1 Å². The summed E-state index contributed by atoms with van der Waals surface area (Å²) in [6.45, 7) is 3.69. The SMILES string of the molecule is CC(=C/N)/C(=N\C=C(/C)Cc1ccc(-c2noc(C(F)(F)F)n2)s1)Nc1cnccn1. The van der Waals surface area contributed by atoms with Crippen molar-refractivity contribution in [2.45, 2.75) is 26.4 Å². The molecule has 3 rings (SSSR count). The van der Waals surface area contributed by atoms with Crippen LogP contribution < -0.4 is 11.1 Å². The van der Waals surface area contributed by atoms with Crippen molar-refractivity contribution in [2.75, 3.05) is 5.32 Å². The molecule has 0 aliphatic rings. The predicted molar refractivity (Wildman–Crippen MR) is 111 cm³/mol. The van der Waals surface area contributed by atoms with Gasteiger partial charge in [0.15, 0.2) is 0 Å². The van der Waals surface area contributed by atoms with Gasteiger partial charge in [0.05, 0.1) is 11.1 Å². The molecule has 0 radical (unpaired) electrons. The first kappa shape index (κ1) is 22.2. The van der Waals surface area contributed by atoms with Gasteiger partial charge in [-0.15, -0.1) is 11.3 Å². The summed E-state index contributed by atoms with van der Waals surface area (Å²) in [5.74, 6) is -0.424. The highest BCUT2D eigenvalue weighted by molar-refractivity contribution is 7.15. The first-order chi connectivity index (χ1) is 14.8. The number of alkyl halides is 3. The molecule has 0 aliphatic heterocycles. The summed E-state index contributed by atoms with van der Waals surface area (Å²) in [4.78, 5) is 17.4. The topological polar surface area (TPSA) is 115 Å². The van der Waals surface area contributed by atoms with Gasteiger partial charge in [-0.05, 0) is 31.6 Å². The number of rotatable bonds is 6. The van der Waals surface area contributed by atoms with Crippen LogP contribution >= 0.6 is 11.3 Å². The molecule has 3 aromatic rings. The molecule has 12 heteroatoms. The Morgan fingerprint density at radius 3 is 2.74 bits per heavy atom. The van der Waals surface area contributed by atoms with Crippen LogP contribution in [0.25, 0.3) is 10.7 Å². The van der Waals surface area contributed by atoms with Crippen LogP contribution in [0, 0.1) is 0 Å². The molecule has 3 N–H and O–H groups in total. The van der Waals surface area contributed by atoms with Gasteiger partial charge >= 0.3 is 12.1 Å². The Morgan fingerprint density at radius 1 is 1.29 bits per heavy atom. The van der Waals surface area contributed by atoms with E-state index in [0.717, 1.165) is 10.5 Å². The minimum absolute atomic E-state index is 0.0950. The van der Waals surface area contributed by atoms with E-state index in [9.17, 15) is 13.2 Å². The highest BCUT2D eigenvalue weighted by atomic mass is 32.1. The van der Waals surface area contributed by atoms with Crippen molar-refractivity contribution in [2.24, 2.45) is 10.7 Å². The van der Waals surface area contributed by atoms with Crippen molar-refractivity contribution in [3.63, 3.8) is 0 Å². The lowest BCUT2D eigenvalue weighted by Gasteiger charge is -2.08. The molecular weight excluding hydrogens is 431 g/mol. The summed E-state index contributed by atoms with van der Waals surface area (Å²) in [6.07, 6.45) is 3.66. The van der Waals surface area contributed by atoms with E-state index in [0.29, 0.717) is 28.5 Å². The Balaban J connectivity index is 1.72. The molecule has 0 fully saturated rings. The Hall–Kier alpha value is -3.54. The number of hydrogen-bond donors (Lipinski definition) is 2. The van der Waals surface area contributed by atoms with Crippen LogP contribution in [-0.2, 0) is 12.6 Å². The summed E-state index contributed by atoms with van der Waals surface area (Å²) in [7, 11) is 0. The second-order valence-corrected chi connectivity index (χ2v) is 7.55. The maximum atomic E-state index is 12.6. The lowest BCUT2D eigenvalue weighted by molar-refractivity contribution is -0.159. The zero-order chi connectivity index (χ0) is 22.4. The molecule has 0 atom stereocenters. The van der Waals surface area contributed by atoms with Gasteiger partial charge < -0.3 is 15.6 Å². The fourth-order valence-corrected chi connectivity index (χ4v) is 3.35. The third kappa shape index (κ3) is 5.98. The lowest BCUT2D eigenvalue weighted by atomic mass is 10.2. The number of allylic oxidation sites excluding steroid dienone is 1. The van der Waals surface area contributed by atoms with Crippen molar-refractivity contribution in [1.29, 1.82) is 0 Å². The molecule has 162 valence electrons. The van der Waals surface area contributed by atoms with Crippen LogP contribution in [0.2, 0.25) is 0 Å². The highest BCUT2D eigenvalue weighted by Crippen LogP contribution is 2.32. The number of aliphatic imine (C=N–C) groups is 1. The normalized spacial score (nSPS) is 13.5. The quantitative estimate of drug-likeness (QED) is 0.423. The van der Waals surface area contributed by atoms with Gasteiger partial charge in [-0.2, -0.15) is 18.2 Å². The number of aromatic nitrogens is 4. The van der Waals surface area contributed by atoms with Crippen LogP contribution in [0.4, 0.5) is 19.0 Å².